The number of hydrogen-bond donors (Lipinski definition) is 1. The van der Waals surface area contributed by atoms with Crippen LogP contribution in [-0.4, -0.2) is 59.8 Å². The second-order valence-corrected chi connectivity index (χ2v) is 6.35. The molecule has 0 aromatic rings. The van der Waals surface area contributed by atoms with Crippen molar-refractivity contribution in [2.45, 2.75) is 69.5 Å². The Kier molecular flexibility index (Phi) is 3.03. The van der Waals surface area contributed by atoms with Crippen LogP contribution in [0.25, 0.3) is 0 Å². The van der Waals surface area contributed by atoms with Crippen molar-refractivity contribution in [3.05, 3.63) is 0 Å². The molecule has 0 aromatic carbocycles. The second kappa shape index (κ2) is 4.22. The minimum Gasteiger partial charge on any atom is -0.377 e. The van der Waals surface area contributed by atoms with Gasteiger partial charge in [-0.3, -0.25) is 4.79 Å². The molecule has 3 aliphatic heterocycles. The summed E-state index contributed by atoms with van der Waals surface area (Å²) < 4.78 is 27.9. The van der Waals surface area contributed by atoms with Crippen molar-refractivity contribution < 1.29 is 33.6 Å². The van der Waals surface area contributed by atoms with Crippen LogP contribution in [-0.2, 0) is 28.5 Å². The molecule has 3 saturated heterocycles. The number of carbonyl (C=O) groups excluding carboxylic acids is 1. The standard InChI is InChI=1S/C13H20O7/c1-11(2)16-5-7(18-11)8-13(15,6-14)9-10(17-8)20-12(3,4)19-9/h6-10,15H,5H2,1-4H3/t7-,8-,9+,10-,13-/m1/s1. The molecule has 0 amide bonds. The fourth-order valence-corrected chi connectivity index (χ4v) is 2.94. The maximum Gasteiger partial charge on any atom is 0.191 e. The predicted molar refractivity (Wildman–Crippen MR) is 64.6 cm³/mol. The summed E-state index contributed by atoms with van der Waals surface area (Å²) in [5, 5.41) is 10.7. The molecule has 7 heteroatoms. The lowest BCUT2D eigenvalue weighted by Crippen LogP contribution is -2.55. The Hall–Kier alpha value is -0.570. The van der Waals surface area contributed by atoms with Crippen LogP contribution >= 0.6 is 0 Å². The summed E-state index contributed by atoms with van der Waals surface area (Å²) in [6.45, 7) is 7.16. The Morgan fingerprint density at radius 1 is 1.05 bits per heavy atom. The molecule has 0 saturated carbocycles. The van der Waals surface area contributed by atoms with Crippen molar-refractivity contribution in [2.24, 2.45) is 0 Å². The van der Waals surface area contributed by atoms with E-state index in [1.54, 1.807) is 27.7 Å². The SMILES string of the molecule is CC1(C)OC[C@H]([C@H]2O[C@@H]3OC(C)(C)O[C@@H]3[C@@]2(O)C=O)O1. The Morgan fingerprint density at radius 3 is 2.30 bits per heavy atom. The van der Waals surface area contributed by atoms with Crippen LogP contribution in [0, 0.1) is 0 Å². The fourth-order valence-electron chi connectivity index (χ4n) is 2.94. The third kappa shape index (κ3) is 2.09. The van der Waals surface area contributed by atoms with Gasteiger partial charge >= 0.3 is 0 Å². The van der Waals surface area contributed by atoms with E-state index in [0.29, 0.717) is 6.29 Å². The van der Waals surface area contributed by atoms with Gasteiger partial charge in [0.2, 0.25) is 0 Å². The maximum atomic E-state index is 11.4. The second-order valence-electron chi connectivity index (χ2n) is 6.35. The number of ether oxygens (including phenoxy) is 5. The number of carbonyl (C=O) groups is 1. The summed E-state index contributed by atoms with van der Waals surface area (Å²) in [7, 11) is 0. The quantitative estimate of drug-likeness (QED) is 0.713. The van der Waals surface area contributed by atoms with Crippen LogP contribution in [0.2, 0.25) is 0 Å². The lowest BCUT2D eigenvalue weighted by Gasteiger charge is -2.31. The van der Waals surface area contributed by atoms with Gasteiger partial charge in [0, 0.05) is 0 Å². The van der Waals surface area contributed by atoms with Crippen molar-refractivity contribution in [1.29, 1.82) is 0 Å². The largest absolute Gasteiger partial charge is 0.377 e. The van der Waals surface area contributed by atoms with Gasteiger partial charge in [-0.2, -0.15) is 0 Å². The third-order valence-corrected chi connectivity index (χ3v) is 3.81. The van der Waals surface area contributed by atoms with E-state index in [0.717, 1.165) is 0 Å². The molecule has 7 nitrogen and oxygen atoms in total. The number of rotatable bonds is 2. The zero-order chi connectivity index (χ0) is 14.8. The van der Waals surface area contributed by atoms with E-state index < -0.39 is 41.8 Å². The first-order valence-electron chi connectivity index (χ1n) is 6.68. The summed E-state index contributed by atoms with van der Waals surface area (Å²) in [5.41, 5.74) is -1.81. The van der Waals surface area contributed by atoms with Crippen LogP contribution in [0.3, 0.4) is 0 Å². The number of aldehydes is 1. The molecule has 20 heavy (non-hydrogen) atoms. The van der Waals surface area contributed by atoms with Gasteiger partial charge in [-0.25, -0.2) is 0 Å². The van der Waals surface area contributed by atoms with E-state index in [9.17, 15) is 9.90 Å². The molecular formula is C13H20O7. The highest BCUT2D eigenvalue weighted by Gasteiger charge is 2.66. The Bertz CT molecular complexity index is 421. The van der Waals surface area contributed by atoms with Gasteiger partial charge in [-0.1, -0.05) is 0 Å². The molecule has 0 aromatic heterocycles. The van der Waals surface area contributed by atoms with Crippen molar-refractivity contribution >= 4 is 6.29 Å². The molecule has 3 heterocycles. The summed E-state index contributed by atoms with van der Waals surface area (Å²) >= 11 is 0. The molecule has 3 fully saturated rings. The molecule has 1 N–H and O–H groups in total. The van der Waals surface area contributed by atoms with Crippen LogP contribution in [0.15, 0.2) is 0 Å². The minimum absolute atomic E-state index is 0.233. The van der Waals surface area contributed by atoms with Gasteiger partial charge < -0.3 is 28.8 Å². The van der Waals surface area contributed by atoms with Crippen LogP contribution < -0.4 is 0 Å². The molecule has 3 rings (SSSR count). The van der Waals surface area contributed by atoms with Crippen LogP contribution in [0.1, 0.15) is 27.7 Å². The first-order chi connectivity index (χ1) is 9.17. The molecule has 114 valence electrons. The number of fused-ring (bicyclic) bond motifs is 1. The van der Waals surface area contributed by atoms with Crippen LogP contribution in [0.4, 0.5) is 0 Å². The summed E-state index contributed by atoms with van der Waals surface area (Å²) in [6.07, 6.45) is -2.65. The van der Waals surface area contributed by atoms with Crippen molar-refractivity contribution in [3.8, 4) is 0 Å². The molecular weight excluding hydrogens is 268 g/mol. The highest BCUT2D eigenvalue weighted by molar-refractivity contribution is 5.66. The van der Waals surface area contributed by atoms with Gasteiger partial charge in [0.05, 0.1) is 6.61 Å². The average Bonchev–Trinajstić information content (AvgIpc) is 2.91. The van der Waals surface area contributed by atoms with Crippen molar-refractivity contribution in [2.75, 3.05) is 6.61 Å². The molecule has 3 aliphatic rings. The smallest absolute Gasteiger partial charge is 0.191 e. The first-order valence-corrected chi connectivity index (χ1v) is 6.68. The third-order valence-electron chi connectivity index (χ3n) is 3.81. The van der Waals surface area contributed by atoms with E-state index in [2.05, 4.69) is 0 Å². The van der Waals surface area contributed by atoms with E-state index in [4.69, 9.17) is 23.7 Å². The van der Waals surface area contributed by atoms with E-state index in [1.165, 1.54) is 0 Å². The molecule has 0 spiro atoms. The summed E-state index contributed by atoms with van der Waals surface area (Å²) in [6, 6.07) is 0. The summed E-state index contributed by atoms with van der Waals surface area (Å²) in [5.74, 6) is -1.67. The molecule has 0 aliphatic carbocycles. The van der Waals surface area contributed by atoms with Gasteiger partial charge in [-0.05, 0) is 27.7 Å². The maximum absolute atomic E-state index is 11.4. The topological polar surface area (TPSA) is 83.5 Å². The van der Waals surface area contributed by atoms with Gasteiger partial charge in [0.1, 0.15) is 18.3 Å². The highest BCUT2D eigenvalue weighted by Crippen LogP contribution is 2.45. The van der Waals surface area contributed by atoms with Crippen LogP contribution in [0.5, 0.6) is 0 Å². The molecule has 0 unspecified atom stereocenters. The Balaban J connectivity index is 1.83. The normalized spacial score (nSPS) is 49.2. The highest BCUT2D eigenvalue weighted by atomic mass is 16.8. The molecule has 0 radical (unpaired) electrons. The first kappa shape index (κ1) is 14.4. The number of aliphatic hydroxyl groups is 1. The predicted octanol–water partition coefficient (Wildman–Crippen LogP) is -0.0557. The fraction of sp³-hybridized carbons (Fsp3) is 0.923. The zero-order valence-electron chi connectivity index (χ0n) is 12.0. The van der Waals surface area contributed by atoms with Gasteiger partial charge in [0.15, 0.2) is 29.8 Å². The van der Waals surface area contributed by atoms with E-state index in [-0.39, 0.29) is 6.61 Å². The van der Waals surface area contributed by atoms with Gasteiger partial charge in [-0.15, -0.1) is 0 Å². The van der Waals surface area contributed by atoms with E-state index >= 15 is 0 Å². The lowest BCUT2D eigenvalue weighted by molar-refractivity contribution is -0.242. The Morgan fingerprint density at radius 2 is 1.75 bits per heavy atom. The zero-order valence-corrected chi connectivity index (χ0v) is 12.0. The minimum atomic E-state index is -1.81. The number of hydrogen-bond acceptors (Lipinski definition) is 7. The molecule has 0 bridgehead atoms. The Labute approximate surface area is 117 Å². The lowest BCUT2D eigenvalue weighted by atomic mass is 9.91. The van der Waals surface area contributed by atoms with Gasteiger partial charge in [0.25, 0.3) is 0 Å². The van der Waals surface area contributed by atoms with Crippen molar-refractivity contribution in [1.82, 2.24) is 0 Å². The summed E-state index contributed by atoms with van der Waals surface area (Å²) in [4.78, 5) is 11.4. The molecule has 5 atom stereocenters. The van der Waals surface area contributed by atoms with Crippen molar-refractivity contribution in [3.63, 3.8) is 0 Å². The monoisotopic (exact) mass is 288 g/mol. The average molecular weight is 288 g/mol. The van der Waals surface area contributed by atoms with E-state index in [1.807, 2.05) is 0 Å².